The number of halogens is 1. The summed E-state index contributed by atoms with van der Waals surface area (Å²) in [6.45, 7) is 4.46. The molecule has 6 heteroatoms. The van der Waals surface area contributed by atoms with E-state index >= 15 is 0 Å². The maximum Gasteiger partial charge on any atom is 0.260 e. The average molecular weight is 333 g/mol. The fourth-order valence-electron chi connectivity index (χ4n) is 1.58. The summed E-state index contributed by atoms with van der Waals surface area (Å²) in [7, 11) is 1.73. The predicted molar refractivity (Wildman–Crippen MR) is 96.5 cm³/mol. The van der Waals surface area contributed by atoms with Gasteiger partial charge in [-0.25, -0.2) is 4.39 Å². The minimum absolute atomic E-state index is 0.124. The molecule has 0 aliphatic carbocycles. The van der Waals surface area contributed by atoms with Crippen molar-refractivity contribution < 1.29 is 14.0 Å². The topological polar surface area (TPSA) is 84.2 Å². The second-order valence-corrected chi connectivity index (χ2v) is 4.25. The second-order valence-electron chi connectivity index (χ2n) is 4.25. The number of carbonyl (C=O) groups excluding carboxylic acids is 2. The number of nitrogens with one attached hydrogen (secondary N) is 2. The Kier molecular flexibility index (Phi) is 11.3. The van der Waals surface area contributed by atoms with Crippen molar-refractivity contribution in [1.82, 2.24) is 5.32 Å². The Balaban J connectivity index is 0.000000650. The van der Waals surface area contributed by atoms with Gasteiger partial charge in [0.1, 0.15) is 12.1 Å². The number of hydrogen-bond donors (Lipinski definition) is 3. The van der Waals surface area contributed by atoms with Gasteiger partial charge >= 0.3 is 0 Å². The lowest BCUT2D eigenvalue weighted by atomic mass is 10.1. The lowest BCUT2D eigenvalue weighted by Crippen LogP contribution is -2.15. The van der Waals surface area contributed by atoms with E-state index < -0.39 is 11.7 Å². The van der Waals surface area contributed by atoms with Gasteiger partial charge in [0.05, 0.1) is 12.1 Å². The average Bonchev–Trinajstić information content (AvgIpc) is 2.59. The van der Waals surface area contributed by atoms with Gasteiger partial charge in [-0.05, 0) is 31.3 Å². The minimum Gasteiger partial charge on any atom is -0.398 e. The Morgan fingerprint density at radius 3 is 2.21 bits per heavy atom. The molecule has 4 N–H and O–H groups in total. The minimum atomic E-state index is -0.626. The zero-order valence-electron chi connectivity index (χ0n) is 14.2. The first-order valence-electron chi connectivity index (χ1n) is 7.58. The molecule has 2 aromatic rings. The molecule has 0 heterocycles. The third kappa shape index (κ3) is 7.51. The van der Waals surface area contributed by atoms with Gasteiger partial charge in [0.15, 0.2) is 0 Å². The first kappa shape index (κ1) is 21.3. The van der Waals surface area contributed by atoms with Gasteiger partial charge in [0.25, 0.3) is 5.91 Å². The molecule has 2 rings (SSSR count). The lowest BCUT2D eigenvalue weighted by Gasteiger charge is -2.08. The van der Waals surface area contributed by atoms with Crippen molar-refractivity contribution in [2.24, 2.45) is 0 Å². The van der Waals surface area contributed by atoms with Crippen LogP contribution in [0.3, 0.4) is 0 Å². The van der Waals surface area contributed by atoms with E-state index in [1.807, 2.05) is 19.9 Å². The van der Waals surface area contributed by atoms with Gasteiger partial charge in [-0.15, -0.1) is 0 Å². The summed E-state index contributed by atoms with van der Waals surface area (Å²) in [5, 5.41) is 5.23. The number of nitrogen functional groups attached to an aromatic ring is 1. The summed E-state index contributed by atoms with van der Waals surface area (Å²) < 4.78 is 13.5. The number of anilines is 2. The van der Waals surface area contributed by atoms with Crippen molar-refractivity contribution in [1.29, 1.82) is 0 Å². The van der Waals surface area contributed by atoms with Crippen molar-refractivity contribution in [3.8, 4) is 0 Å². The highest BCUT2D eigenvalue weighted by Gasteiger charge is 2.14. The Morgan fingerprint density at radius 2 is 1.75 bits per heavy atom. The number of amides is 1. The van der Waals surface area contributed by atoms with Crippen LogP contribution < -0.4 is 16.4 Å². The molecule has 2 aromatic carbocycles. The predicted octanol–water partition coefficient (Wildman–Crippen LogP) is 3.09. The van der Waals surface area contributed by atoms with E-state index in [-0.39, 0.29) is 11.3 Å². The molecular weight excluding hydrogens is 309 g/mol. The van der Waals surface area contributed by atoms with E-state index in [0.717, 1.165) is 6.29 Å². The summed E-state index contributed by atoms with van der Waals surface area (Å²) >= 11 is 0. The summed E-state index contributed by atoms with van der Waals surface area (Å²) in [5.41, 5.74) is 6.17. The third-order valence-corrected chi connectivity index (χ3v) is 2.59. The molecule has 0 saturated carbocycles. The molecule has 5 nitrogen and oxygen atoms in total. The van der Waals surface area contributed by atoms with Crippen LogP contribution in [0, 0.1) is 5.82 Å². The second kappa shape index (κ2) is 12.8. The van der Waals surface area contributed by atoms with Gasteiger partial charge in [0.2, 0.25) is 0 Å². The van der Waals surface area contributed by atoms with Crippen LogP contribution >= 0.6 is 0 Å². The number of nitrogens with two attached hydrogens (primary N) is 1. The molecule has 0 aromatic heterocycles. The molecule has 24 heavy (non-hydrogen) atoms. The Labute approximate surface area is 142 Å². The standard InChI is InChI=1S/C13H11FN2O.C3H7NO.C2H6/c14-10-7-4-8-11(15)12(10)13(17)16-9-5-2-1-3-6-9;1-4-2-3-5;1-2/h1-8H,15H2,(H,16,17);3-4H,2H2,1H3;1-2H3. The maximum absolute atomic E-state index is 13.5. The fraction of sp³-hybridized carbons (Fsp3) is 0.222. The van der Waals surface area contributed by atoms with Crippen LogP contribution in [0.15, 0.2) is 48.5 Å². The van der Waals surface area contributed by atoms with Crippen LogP contribution in [-0.2, 0) is 4.79 Å². The number of likely N-dealkylation sites (N-methyl/N-ethyl adjacent to an activating group) is 1. The molecule has 0 bridgehead atoms. The number of hydrogen-bond acceptors (Lipinski definition) is 4. The van der Waals surface area contributed by atoms with E-state index in [1.54, 1.807) is 31.3 Å². The molecule has 0 aliphatic heterocycles. The van der Waals surface area contributed by atoms with Crippen LogP contribution in [-0.4, -0.2) is 25.8 Å². The van der Waals surface area contributed by atoms with Crippen LogP contribution in [0.2, 0.25) is 0 Å². The van der Waals surface area contributed by atoms with Crippen LogP contribution in [0.25, 0.3) is 0 Å². The SMILES string of the molecule is CC.CNCC=O.Nc1cccc(F)c1C(=O)Nc1ccccc1. The summed E-state index contributed by atoms with van der Waals surface area (Å²) in [6.07, 6.45) is 0.819. The summed E-state index contributed by atoms with van der Waals surface area (Å²) in [6, 6.07) is 13.0. The van der Waals surface area contributed by atoms with Crippen molar-refractivity contribution in [3.05, 3.63) is 59.9 Å². The van der Waals surface area contributed by atoms with Crippen molar-refractivity contribution in [2.75, 3.05) is 24.6 Å². The zero-order chi connectivity index (χ0) is 18.4. The van der Waals surface area contributed by atoms with Gasteiger partial charge in [-0.3, -0.25) is 4.79 Å². The first-order valence-corrected chi connectivity index (χ1v) is 7.58. The first-order chi connectivity index (χ1) is 11.6. The highest BCUT2D eigenvalue weighted by molar-refractivity contribution is 6.07. The highest BCUT2D eigenvalue weighted by atomic mass is 19.1. The maximum atomic E-state index is 13.5. The summed E-state index contributed by atoms with van der Waals surface area (Å²) in [4.78, 5) is 21.2. The van der Waals surface area contributed by atoms with Gasteiger partial charge < -0.3 is 21.2 Å². The number of aldehydes is 1. The van der Waals surface area contributed by atoms with Crippen molar-refractivity contribution in [2.45, 2.75) is 13.8 Å². The molecule has 130 valence electrons. The number of rotatable bonds is 4. The van der Waals surface area contributed by atoms with E-state index in [2.05, 4.69) is 10.6 Å². The zero-order valence-corrected chi connectivity index (χ0v) is 14.2. The molecule has 0 fully saturated rings. The van der Waals surface area contributed by atoms with Crippen LogP contribution in [0.4, 0.5) is 15.8 Å². The normalized spacial score (nSPS) is 8.83. The lowest BCUT2D eigenvalue weighted by molar-refractivity contribution is -0.107. The van der Waals surface area contributed by atoms with Crippen molar-refractivity contribution >= 4 is 23.6 Å². The van der Waals surface area contributed by atoms with Gasteiger partial charge in [0, 0.05) is 11.4 Å². The molecule has 0 radical (unpaired) electrons. The quantitative estimate of drug-likeness (QED) is 0.593. The number of benzene rings is 2. The summed E-state index contributed by atoms with van der Waals surface area (Å²) in [5.74, 6) is -1.18. The van der Waals surface area contributed by atoms with Crippen molar-refractivity contribution in [3.63, 3.8) is 0 Å². The Hall–Kier alpha value is -2.73. The Morgan fingerprint density at radius 1 is 1.12 bits per heavy atom. The smallest absolute Gasteiger partial charge is 0.260 e. The van der Waals surface area contributed by atoms with E-state index in [9.17, 15) is 14.0 Å². The number of carbonyl (C=O) groups is 2. The molecule has 0 aliphatic rings. The van der Waals surface area contributed by atoms with Crippen LogP contribution in [0.5, 0.6) is 0 Å². The molecule has 0 atom stereocenters. The van der Waals surface area contributed by atoms with E-state index in [4.69, 9.17) is 5.73 Å². The highest BCUT2D eigenvalue weighted by Crippen LogP contribution is 2.17. The number of para-hydroxylation sites is 1. The van der Waals surface area contributed by atoms with Crippen LogP contribution in [0.1, 0.15) is 24.2 Å². The molecule has 0 spiro atoms. The van der Waals surface area contributed by atoms with E-state index in [0.29, 0.717) is 12.2 Å². The van der Waals surface area contributed by atoms with Gasteiger partial charge in [-0.1, -0.05) is 38.1 Å². The molecule has 1 amide bonds. The molecular formula is C18H24FN3O2. The monoisotopic (exact) mass is 333 g/mol. The third-order valence-electron chi connectivity index (χ3n) is 2.59. The van der Waals surface area contributed by atoms with Gasteiger partial charge in [-0.2, -0.15) is 0 Å². The molecule has 0 unspecified atom stereocenters. The largest absolute Gasteiger partial charge is 0.398 e. The van der Waals surface area contributed by atoms with E-state index in [1.165, 1.54) is 18.2 Å². The Bertz CT molecular complexity index is 599. The molecule has 0 saturated heterocycles. The fourth-order valence-corrected chi connectivity index (χ4v) is 1.58.